The molecule has 162 valence electrons. The van der Waals surface area contributed by atoms with Gasteiger partial charge in [-0.2, -0.15) is 8.78 Å². The van der Waals surface area contributed by atoms with Gasteiger partial charge in [0.2, 0.25) is 0 Å². The van der Waals surface area contributed by atoms with E-state index in [1.807, 2.05) is 13.8 Å². The summed E-state index contributed by atoms with van der Waals surface area (Å²) in [6.45, 7) is 4.08. The molecule has 30 heavy (non-hydrogen) atoms. The number of ether oxygens (including phenoxy) is 1. The fraction of sp³-hybridized carbons (Fsp3) is 0.318. The number of allylic oxidation sites excluding steroid dienone is 1. The maximum absolute atomic E-state index is 12.1. The molecule has 0 fully saturated rings. The van der Waals surface area contributed by atoms with Gasteiger partial charge < -0.3 is 20.6 Å². The fourth-order valence-corrected chi connectivity index (χ4v) is 2.45. The summed E-state index contributed by atoms with van der Waals surface area (Å²) < 4.78 is 28.6. The molecule has 8 heteroatoms. The Morgan fingerprint density at radius 1 is 1.30 bits per heavy atom. The summed E-state index contributed by atoms with van der Waals surface area (Å²) in [4.78, 5) is 14.5. The summed E-state index contributed by atoms with van der Waals surface area (Å²) in [5.74, 6) is 0.637. The van der Waals surface area contributed by atoms with E-state index >= 15 is 0 Å². The lowest BCUT2D eigenvalue weighted by Gasteiger charge is -2.14. The molecule has 0 aliphatic heterocycles. The number of pyridine rings is 1. The van der Waals surface area contributed by atoms with Crippen LogP contribution in [-0.4, -0.2) is 28.2 Å². The van der Waals surface area contributed by atoms with Crippen LogP contribution in [0.3, 0.4) is 0 Å². The van der Waals surface area contributed by atoms with Crippen LogP contribution in [-0.2, 0) is 11.4 Å². The van der Waals surface area contributed by atoms with Crippen LogP contribution >= 0.6 is 0 Å². The van der Waals surface area contributed by atoms with Crippen molar-refractivity contribution in [1.29, 1.82) is 5.41 Å². The number of hydrogen-bond acceptors (Lipinski definition) is 6. The first-order chi connectivity index (χ1) is 14.4. The van der Waals surface area contributed by atoms with E-state index < -0.39 is 6.61 Å². The number of aliphatic hydroxyl groups excluding tert-OH is 1. The van der Waals surface area contributed by atoms with Gasteiger partial charge in [-0.3, -0.25) is 4.79 Å². The number of nitrogens with zero attached hydrogens (tertiary/aromatic N) is 1. The minimum absolute atomic E-state index is 0.0594. The summed E-state index contributed by atoms with van der Waals surface area (Å²) >= 11 is 0. The number of hydrogen-bond donors (Lipinski definition) is 3. The number of nitrogens with one attached hydrogen (secondary N) is 2. The number of anilines is 2. The molecule has 0 bridgehead atoms. The molecular weight excluding hydrogens is 392 g/mol. The molecule has 0 saturated heterocycles. The number of carbonyl (C=O) groups is 1. The maximum atomic E-state index is 12.1. The first kappa shape index (κ1) is 24.9. The molecule has 6 nitrogen and oxygen atoms in total. The number of aliphatic hydroxyl groups is 1. The molecule has 1 aromatic carbocycles. The molecular formula is C22H27F2N3O3. The Kier molecular flexibility index (Phi) is 10.9. The minimum atomic E-state index is -2.87. The average Bonchev–Trinajstić information content (AvgIpc) is 2.74. The number of carbonyl (C=O) groups excluding carboxylic acids is 1. The van der Waals surface area contributed by atoms with Crippen molar-refractivity contribution in [1.82, 2.24) is 4.98 Å². The number of ketones is 1. The van der Waals surface area contributed by atoms with Gasteiger partial charge in [-0.1, -0.05) is 20.4 Å². The monoisotopic (exact) mass is 419 g/mol. The Balaban J connectivity index is 0.000000553. The molecule has 0 atom stereocenters. The smallest absolute Gasteiger partial charge is 0.387 e. The van der Waals surface area contributed by atoms with Gasteiger partial charge >= 0.3 is 6.61 Å². The Bertz CT molecular complexity index is 840. The van der Waals surface area contributed by atoms with Gasteiger partial charge in [-0.05, 0) is 54.8 Å². The largest absolute Gasteiger partial charge is 0.435 e. The summed E-state index contributed by atoms with van der Waals surface area (Å²) in [6.07, 6.45) is 4.96. The molecule has 1 aromatic heterocycles. The highest BCUT2D eigenvalue weighted by atomic mass is 19.3. The molecule has 0 aliphatic rings. The molecule has 2 aromatic rings. The van der Waals surface area contributed by atoms with Gasteiger partial charge in [0.25, 0.3) is 0 Å². The maximum Gasteiger partial charge on any atom is 0.387 e. The van der Waals surface area contributed by atoms with Gasteiger partial charge in [0.05, 0.1) is 6.61 Å². The zero-order valence-corrected chi connectivity index (χ0v) is 17.1. The van der Waals surface area contributed by atoms with Crippen molar-refractivity contribution >= 4 is 23.0 Å². The number of rotatable bonds is 10. The van der Waals surface area contributed by atoms with Crippen LogP contribution in [0, 0.1) is 5.41 Å². The molecule has 2 rings (SSSR count). The van der Waals surface area contributed by atoms with E-state index in [9.17, 15) is 18.7 Å². The Hall–Kier alpha value is -3.13. The molecule has 0 spiro atoms. The highest BCUT2D eigenvalue weighted by molar-refractivity contribution is 6.03. The van der Waals surface area contributed by atoms with E-state index in [0.29, 0.717) is 41.2 Å². The highest BCUT2D eigenvalue weighted by Crippen LogP contribution is 2.25. The predicted octanol–water partition coefficient (Wildman–Crippen LogP) is 5.24. The Labute approximate surface area is 175 Å². The lowest BCUT2D eigenvalue weighted by atomic mass is 10.0. The van der Waals surface area contributed by atoms with Crippen LogP contribution in [0.1, 0.15) is 44.2 Å². The zero-order valence-electron chi connectivity index (χ0n) is 17.1. The average molecular weight is 419 g/mol. The molecule has 3 N–H and O–H groups in total. The van der Waals surface area contributed by atoms with Crippen molar-refractivity contribution in [2.75, 3.05) is 5.32 Å². The second kappa shape index (κ2) is 13.2. The number of alkyl halides is 2. The fourth-order valence-electron chi connectivity index (χ4n) is 2.45. The second-order valence-corrected chi connectivity index (χ2v) is 6.13. The van der Waals surface area contributed by atoms with Crippen LogP contribution in [0.25, 0.3) is 0 Å². The molecule has 1 heterocycles. The van der Waals surface area contributed by atoms with Crippen LogP contribution in [0.2, 0.25) is 0 Å². The van der Waals surface area contributed by atoms with Crippen LogP contribution in [0.4, 0.5) is 20.3 Å². The zero-order chi connectivity index (χ0) is 22.5. The molecule has 0 unspecified atom stereocenters. The molecule has 0 saturated carbocycles. The van der Waals surface area contributed by atoms with E-state index in [1.165, 1.54) is 24.4 Å². The third-order valence-electron chi connectivity index (χ3n) is 3.93. The van der Waals surface area contributed by atoms with Crippen LogP contribution in [0.15, 0.2) is 49.2 Å². The number of aromatic nitrogens is 1. The molecule has 0 amide bonds. The summed E-state index contributed by atoms with van der Waals surface area (Å²) in [5.41, 5.74) is 2.11. The van der Waals surface area contributed by atoms with Crippen molar-refractivity contribution < 1.29 is 23.4 Å². The minimum Gasteiger partial charge on any atom is -0.435 e. The molecule has 0 radical (unpaired) electrons. The van der Waals surface area contributed by atoms with E-state index in [1.54, 1.807) is 18.2 Å². The normalized spacial score (nSPS) is 10.1. The second-order valence-electron chi connectivity index (χ2n) is 6.13. The summed E-state index contributed by atoms with van der Waals surface area (Å²) in [6, 6.07) is 7.63. The number of halogens is 2. The lowest BCUT2D eigenvalue weighted by molar-refractivity contribution is -0.114. The van der Waals surface area contributed by atoms with Crippen molar-refractivity contribution in [3.63, 3.8) is 0 Å². The van der Waals surface area contributed by atoms with Gasteiger partial charge in [0.15, 0.2) is 5.78 Å². The van der Waals surface area contributed by atoms with Crippen molar-refractivity contribution in [2.24, 2.45) is 0 Å². The molecule has 0 aliphatic carbocycles. The SMILES string of the molecule is C=CC(=O)CCC.CCC(=N)c1c(CO)ccnc1Nc1ccc(OC(F)F)cc1. The first-order valence-electron chi connectivity index (χ1n) is 9.49. The first-order valence-corrected chi connectivity index (χ1v) is 9.49. The standard InChI is InChI=1S/C16H17F2N3O2.C6H10O/c1-2-13(19)14-10(9-22)7-8-20-15(14)21-11-3-5-12(6-4-11)23-16(17)18;1-3-5-6(7)4-2/h3-8,16,19,22H,2,9H2,1H3,(H,20,21);4H,2-3,5H2,1H3. The van der Waals surface area contributed by atoms with Crippen molar-refractivity contribution in [3.8, 4) is 5.75 Å². The van der Waals surface area contributed by atoms with Crippen molar-refractivity contribution in [3.05, 3.63) is 60.3 Å². The topological polar surface area (TPSA) is 95.3 Å². The van der Waals surface area contributed by atoms with E-state index in [2.05, 4.69) is 21.6 Å². The summed E-state index contributed by atoms with van der Waals surface area (Å²) in [7, 11) is 0. The predicted molar refractivity (Wildman–Crippen MR) is 114 cm³/mol. The quantitative estimate of drug-likeness (QED) is 0.362. The Morgan fingerprint density at radius 3 is 2.43 bits per heavy atom. The third-order valence-corrected chi connectivity index (χ3v) is 3.93. The summed E-state index contributed by atoms with van der Waals surface area (Å²) in [5, 5.41) is 20.5. The van der Waals surface area contributed by atoms with Gasteiger partial charge in [0.1, 0.15) is 11.6 Å². The van der Waals surface area contributed by atoms with Crippen LogP contribution in [0.5, 0.6) is 5.75 Å². The van der Waals surface area contributed by atoms with Gasteiger partial charge in [-0.25, -0.2) is 4.98 Å². The lowest BCUT2D eigenvalue weighted by Crippen LogP contribution is -2.09. The highest BCUT2D eigenvalue weighted by Gasteiger charge is 2.13. The number of benzene rings is 1. The van der Waals surface area contributed by atoms with Gasteiger partial charge in [-0.15, -0.1) is 0 Å². The van der Waals surface area contributed by atoms with Crippen LogP contribution < -0.4 is 10.1 Å². The van der Waals surface area contributed by atoms with Gasteiger partial charge in [0, 0.05) is 29.6 Å². The van der Waals surface area contributed by atoms with Crippen molar-refractivity contribution in [2.45, 2.75) is 46.3 Å². The van der Waals surface area contributed by atoms with E-state index in [4.69, 9.17) is 5.41 Å². The van der Waals surface area contributed by atoms with E-state index in [0.717, 1.165) is 6.42 Å². The van der Waals surface area contributed by atoms with E-state index in [-0.39, 0.29) is 18.1 Å². The third kappa shape index (κ3) is 8.08. The Morgan fingerprint density at radius 2 is 1.97 bits per heavy atom.